The highest BCUT2D eigenvalue weighted by molar-refractivity contribution is 5.75. The maximum absolute atomic E-state index is 11.6. The van der Waals surface area contributed by atoms with Crippen molar-refractivity contribution in [1.82, 2.24) is 0 Å². The van der Waals surface area contributed by atoms with Gasteiger partial charge in [0.05, 0.1) is 12.8 Å². The molecule has 0 fully saturated rings. The molecule has 0 saturated heterocycles. The third-order valence-corrected chi connectivity index (χ3v) is 2.69. The summed E-state index contributed by atoms with van der Waals surface area (Å²) in [5.41, 5.74) is 0. The van der Waals surface area contributed by atoms with Crippen molar-refractivity contribution < 1.29 is 19.1 Å². The van der Waals surface area contributed by atoms with Crippen molar-refractivity contribution in [2.45, 2.75) is 12.8 Å². The average molecular weight is 296 g/mol. The maximum atomic E-state index is 11.6. The second kappa shape index (κ2) is 8.42. The summed E-state index contributed by atoms with van der Waals surface area (Å²) in [6, 6.07) is 17.7. The van der Waals surface area contributed by atoms with Crippen LogP contribution in [-0.4, -0.2) is 11.9 Å². The number of hydrogen-bond donors (Lipinski definition) is 0. The van der Waals surface area contributed by atoms with Crippen LogP contribution in [0.3, 0.4) is 0 Å². The van der Waals surface area contributed by atoms with Crippen LogP contribution >= 0.6 is 0 Å². The van der Waals surface area contributed by atoms with Gasteiger partial charge in [0.25, 0.3) is 0 Å². The molecule has 0 bridgehead atoms. The fraction of sp³-hybridized carbons (Fsp3) is 0.111. The van der Waals surface area contributed by atoms with E-state index in [9.17, 15) is 9.59 Å². The van der Waals surface area contributed by atoms with Gasteiger partial charge in [-0.1, -0.05) is 48.6 Å². The van der Waals surface area contributed by atoms with Gasteiger partial charge in [0, 0.05) is 0 Å². The summed E-state index contributed by atoms with van der Waals surface area (Å²) < 4.78 is 10.2. The quantitative estimate of drug-likeness (QED) is 0.465. The molecule has 0 spiro atoms. The van der Waals surface area contributed by atoms with E-state index in [0.29, 0.717) is 11.5 Å². The van der Waals surface area contributed by atoms with E-state index in [-0.39, 0.29) is 24.8 Å². The number of para-hydroxylation sites is 2. The van der Waals surface area contributed by atoms with Crippen molar-refractivity contribution in [1.29, 1.82) is 0 Å². The zero-order valence-electron chi connectivity index (χ0n) is 12.0. The Labute approximate surface area is 129 Å². The van der Waals surface area contributed by atoms with E-state index in [1.54, 1.807) is 60.7 Å². The van der Waals surface area contributed by atoms with Crippen LogP contribution in [0.4, 0.5) is 0 Å². The Morgan fingerprint density at radius 3 is 1.41 bits per heavy atom. The Balaban J connectivity index is 1.69. The standard InChI is InChI=1S/C18H16O4/c19-17(21-15-9-3-1-4-10-15)13-7-8-14-18(20)22-16-11-5-2-6-12-16/h1-12H,13-14H2/b8-7-. The van der Waals surface area contributed by atoms with Crippen molar-refractivity contribution >= 4 is 11.9 Å². The minimum absolute atomic E-state index is 0.105. The first kappa shape index (κ1) is 15.5. The number of hydrogen-bond acceptors (Lipinski definition) is 4. The first-order chi connectivity index (χ1) is 10.7. The Bertz CT molecular complexity index is 575. The maximum Gasteiger partial charge on any atom is 0.315 e. The fourth-order valence-electron chi connectivity index (χ4n) is 1.68. The molecule has 112 valence electrons. The molecule has 0 aliphatic carbocycles. The molecule has 0 aliphatic rings. The topological polar surface area (TPSA) is 52.6 Å². The lowest BCUT2D eigenvalue weighted by Gasteiger charge is -2.02. The van der Waals surface area contributed by atoms with E-state index in [1.165, 1.54) is 0 Å². The van der Waals surface area contributed by atoms with Gasteiger partial charge >= 0.3 is 11.9 Å². The van der Waals surface area contributed by atoms with Crippen molar-refractivity contribution in [3.8, 4) is 11.5 Å². The Hall–Kier alpha value is -2.88. The van der Waals surface area contributed by atoms with Crippen LogP contribution in [0, 0.1) is 0 Å². The third kappa shape index (κ3) is 5.63. The molecule has 2 rings (SSSR count). The molecule has 0 N–H and O–H groups in total. The van der Waals surface area contributed by atoms with Gasteiger partial charge < -0.3 is 9.47 Å². The molecule has 4 heteroatoms. The number of carbonyl (C=O) groups is 2. The molecule has 2 aromatic carbocycles. The summed E-state index contributed by atoms with van der Waals surface area (Å²) in [6.07, 6.45) is 3.40. The smallest absolute Gasteiger partial charge is 0.315 e. The van der Waals surface area contributed by atoms with E-state index in [2.05, 4.69) is 0 Å². The van der Waals surface area contributed by atoms with Gasteiger partial charge in [0.15, 0.2) is 0 Å². The normalized spacial score (nSPS) is 10.4. The lowest BCUT2D eigenvalue weighted by Crippen LogP contribution is -2.07. The molecule has 0 amide bonds. The van der Waals surface area contributed by atoms with E-state index >= 15 is 0 Å². The molecular formula is C18H16O4. The summed E-state index contributed by atoms with van der Waals surface area (Å²) in [7, 11) is 0. The summed E-state index contributed by atoms with van der Waals surface area (Å²) in [4.78, 5) is 23.1. The molecule has 22 heavy (non-hydrogen) atoms. The average Bonchev–Trinajstić information content (AvgIpc) is 2.53. The van der Waals surface area contributed by atoms with Crippen molar-refractivity contribution in [2.24, 2.45) is 0 Å². The Morgan fingerprint density at radius 2 is 1.05 bits per heavy atom. The molecule has 0 atom stereocenters. The number of benzene rings is 2. The number of rotatable bonds is 6. The second-order valence-electron chi connectivity index (χ2n) is 4.45. The highest BCUT2D eigenvalue weighted by atomic mass is 16.5. The van der Waals surface area contributed by atoms with Crippen LogP contribution in [0.15, 0.2) is 72.8 Å². The monoisotopic (exact) mass is 296 g/mol. The van der Waals surface area contributed by atoms with E-state index in [1.807, 2.05) is 12.1 Å². The van der Waals surface area contributed by atoms with Gasteiger partial charge in [0.2, 0.25) is 0 Å². The van der Waals surface area contributed by atoms with E-state index < -0.39 is 0 Å². The fourth-order valence-corrected chi connectivity index (χ4v) is 1.68. The summed E-state index contributed by atoms with van der Waals surface area (Å²) in [5.74, 6) is 0.256. The second-order valence-corrected chi connectivity index (χ2v) is 4.45. The van der Waals surface area contributed by atoms with E-state index in [0.717, 1.165) is 0 Å². The minimum Gasteiger partial charge on any atom is -0.426 e. The van der Waals surface area contributed by atoms with Gasteiger partial charge in [-0.25, -0.2) is 0 Å². The van der Waals surface area contributed by atoms with Crippen LogP contribution in [0.2, 0.25) is 0 Å². The largest absolute Gasteiger partial charge is 0.426 e. The van der Waals surface area contributed by atoms with Crippen LogP contribution in [0.25, 0.3) is 0 Å². The highest BCUT2D eigenvalue weighted by Gasteiger charge is 2.03. The molecule has 2 aromatic rings. The van der Waals surface area contributed by atoms with Gasteiger partial charge in [-0.15, -0.1) is 0 Å². The zero-order chi connectivity index (χ0) is 15.6. The number of esters is 2. The molecule has 0 saturated carbocycles. The molecule has 0 heterocycles. The molecular weight excluding hydrogens is 280 g/mol. The van der Waals surface area contributed by atoms with Crippen LogP contribution in [-0.2, 0) is 9.59 Å². The SMILES string of the molecule is O=C(C/C=C\CC(=O)Oc1ccccc1)Oc1ccccc1. The first-order valence-electron chi connectivity index (χ1n) is 6.90. The first-order valence-corrected chi connectivity index (χ1v) is 6.90. The summed E-state index contributed by atoms with van der Waals surface area (Å²) >= 11 is 0. The zero-order valence-corrected chi connectivity index (χ0v) is 12.0. The lowest BCUT2D eigenvalue weighted by atomic mass is 10.3. The van der Waals surface area contributed by atoms with Gasteiger partial charge in [0.1, 0.15) is 11.5 Å². The Kier molecular flexibility index (Phi) is 5.93. The lowest BCUT2D eigenvalue weighted by molar-refractivity contribution is -0.134. The predicted octanol–water partition coefficient (Wildman–Crippen LogP) is 3.53. The van der Waals surface area contributed by atoms with Gasteiger partial charge in [-0.3, -0.25) is 9.59 Å². The minimum atomic E-state index is -0.376. The highest BCUT2D eigenvalue weighted by Crippen LogP contribution is 2.10. The molecule has 0 radical (unpaired) electrons. The van der Waals surface area contributed by atoms with Crippen molar-refractivity contribution in [3.05, 3.63) is 72.8 Å². The summed E-state index contributed by atoms with van der Waals surface area (Å²) in [5, 5.41) is 0. The Morgan fingerprint density at radius 1 is 0.682 bits per heavy atom. The summed E-state index contributed by atoms with van der Waals surface area (Å²) in [6.45, 7) is 0. The van der Waals surface area contributed by atoms with Crippen LogP contribution in [0.5, 0.6) is 11.5 Å². The predicted molar refractivity (Wildman–Crippen MR) is 82.5 cm³/mol. The van der Waals surface area contributed by atoms with Crippen LogP contribution < -0.4 is 9.47 Å². The van der Waals surface area contributed by atoms with Crippen molar-refractivity contribution in [3.63, 3.8) is 0 Å². The molecule has 0 aromatic heterocycles. The molecule has 0 aliphatic heterocycles. The third-order valence-electron chi connectivity index (χ3n) is 2.69. The number of carbonyl (C=O) groups excluding carboxylic acids is 2. The van der Waals surface area contributed by atoms with E-state index in [4.69, 9.17) is 9.47 Å². The van der Waals surface area contributed by atoms with Crippen LogP contribution in [0.1, 0.15) is 12.8 Å². The van der Waals surface area contributed by atoms with Crippen molar-refractivity contribution in [2.75, 3.05) is 0 Å². The molecule has 4 nitrogen and oxygen atoms in total. The van der Waals surface area contributed by atoms with Gasteiger partial charge in [-0.05, 0) is 24.3 Å². The van der Waals surface area contributed by atoms with Gasteiger partial charge in [-0.2, -0.15) is 0 Å². The number of ether oxygens (including phenoxy) is 2. The molecule has 0 unspecified atom stereocenters.